The van der Waals surface area contributed by atoms with Gasteiger partial charge in [0, 0.05) is 11.1 Å². The molecule has 0 aromatic heterocycles. The van der Waals surface area contributed by atoms with E-state index in [1.54, 1.807) is 6.08 Å². The molecule has 102 valence electrons. The quantitative estimate of drug-likeness (QED) is 0.798. The van der Waals surface area contributed by atoms with Gasteiger partial charge in [-0.15, -0.1) is 19.0 Å². The SMILES string of the molecule is C=CCC[C@@H](N)c1ccc(Cl)cc1C(F)(F)F.Cl. The van der Waals surface area contributed by atoms with Crippen LogP contribution in [0, 0.1) is 0 Å². The monoisotopic (exact) mass is 299 g/mol. The van der Waals surface area contributed by atoms with Crippen LogP contribution >= 0.6 is 24.0 Å². The Morgan fingerprint density at radius 3 is 2.50 bits per heavy atom. The van der Waals surface area contributed by atoms with Gasteiger partial charge in [0.25, 0.3) is 0 Å². The molecule has 0 saturated heterocycles. The fourth-order valence-electron chi connectivity index (χ4n) is 1.55. The lowest BCUT2D eigenvalue weighted by Gasteiger charge is -2.18. The maximum Gasteiger partial charge on any atom is 0.416 e. The first-order valence-electron chi connectivity index (χ1n) is 5.09. The van der Waals surface area contributed by atoms with E-state index in [1.165, 1.54) is 12.1 Å². The number of rotatable bonds is 4. The molecule has 0 bridgehead atoms. The molecule has 6 heteroatoms. The van der Waals surface area contributed by atoms with Crippen molar-refractivity contribution in [2.45, 2.75) is 25.1 Å². The summed E-state index contributed by atoms with van der Waals surface area (Å²) in [6, 6.07) is 2.99. The second kappa shape index (κ2) is 7.02. The van der Waals surface area contributed by atoms with Crippen LogP contribution in [0.1, 0.15) is 30.0 Å². The molecule has 1 aromatic rings. The number of hydrogen-bond donors (Lipinski definition) is 1. The van der Waals surface area contributed by atoms with Gasteiger partial charge in [0.15, 0.2) is 0 Å². The second-order valence-electron chi connectivity index (χ2n) is 3.70. The van der Waals surface area contributed by atoms with Crippen molar-refractivity contribution in [1.82, 2.24) is 0 Å². The van der Waals surface area contributed by atoms with Gasteiger partial charge in [-0.05, 0) is 30.5 Å². The highest BCUT2D eigenvalue weighted by Gasteiger charge is 2.34. The number of hydrogen-bond acceptors (Lipinski definition) is 1. The zero-order valence-electron chi connectivity index (χ0n) is 9.51. The third kappa shape index (κ3) is 4.52. The van der Waals surface area contributed by atoms with Gasteiger partial charge in [0.1, 0.15) is 0 Å². The molecule has 0 saturated carbocycles. The Morgan fingerprint density at radius 1 is 1.39 bits per heavy atom. The lowest BCUT2D eigenvalue weighted by atomic mass is 9.97. The zero-order chi connectivity index (χ0) is 13.1. The standard InChI is InChI=1S/C12H13ClF3N.ClH/c1-2-3-4-11(17)9-6-5-8(13)7-10(9)12(14,15)16;/h2,5-7,11H,1,3-4,17H2;1H/t11-;/m1./s1. The molecule has 0 aliphatic carbocycles. The summed E-state index contributed by atoms with van der Waals surface area (Å²) in [4.78, 5) is 0. The van der Waals surface area contributed by atoms with Gasteiger partial charge < -0.3 is 5.73 Å². The van der Waals surface area contributed by atoms with Crippen LogP contribution < -0.4 is 5.73 Å². The molecule has 0 unspecified atom stereocenters. The molecule has 18 heavy (non-hydrogen) atoms. The van der Waals surface area contributed by atoms with Crippen molar-refractivity contribution in [2.24, 2.45) is 5.73 Å². The van der Waals surface area contributed by atoms with Gasteiger partial charge in [-0.25, -0.2) is 0 Å². The van der Waals surface area contributed by atoms with E-state index in [4.69, 9.17) is 17.3 Å². The molecule has 0 aliphatic heterocycles. The van der Waals surface area contributed by atoms with E-state index in [-0.39, 0.29) is 23.0 Å². The molecule has 1 atom stereocenters. The van der Waals surface area contributed by atoms with Crippen LogP contribution in [0.4, 0.5) is 13.2 Å². The van der Waals surface area contributed by atoms with E-state index in [0.29, 0.717) is 12.8 Å². The summed E-state index contributed by atoms with van der Waals surface area (Å²) in [5.41, 5.74) is 5.05. The van der Waals surface area contributed by atoms with Crippen LogP contribution in [0.5, 0.6) is 0 Å². The number of benzene rings is 1. The third-order valence-corrected chi connectivity index (χ3v) is 2.64. The molecule has 1 aromatic carbocycles. The van der Waals surface area contributed by atoms with E-state index in [2.05, 4.69) is 6.58 Å². The van der Waals surface area contributed by atoms with Gasteiger partial charge in [-0.2, -0.15) is 13.2 Å². The molecular weight excluding hydrogens is 286 g/mol. The first kappa shape index (κ1) is 17.3. The predicted octanol–water partition coefficient (Wildman–Crippen LogP) is 4.75. The van der Waals surface area contributed by atoms with Crippen LogP contribution in [0.25, 0.3) is 0 Å². The number of allylic oxidation sites excluding steroid dienone is 1. The Bertz CT molecular complexity index is 405. The van der Waals surface area contributed by atoms with E-state index in [0.717, 1.165) is 6.07 Å². The van der Waals surface area contributed by atoms with E-state index in [1.807, 2.05) is 0 Å². The Hall–Kier alpha value is -0.710. The first-order valence-corrected chi connectivity index (χ1v) is 5.47. The molecule has 1 nitrogen and oxygen atoms in total. The average Bonchev–Trinajstić information content (AvgIpc) is 2.24. The molecule has 0 spiro atoms. The Balaban J connectivity index is 0.00000289. The Morgan fingerprint density at radius 2 is 2.00 bits per heavy atom. The maximum atomic E-state index is 12.8. The van der Waals surface area contributed by atoms with Gasteiger partial charge in [0.05, 0.1) is 5.56 Å². The number of nitrogens with two attached hydrogens (primary N) is 1. The second-order valence-corrected chi connectivity index (χ2v) is 4.14. The van der Waals surface area contributed by atoms with Crippen molar-refractivity contribution in [1.29, 1.82) is 0 Å². The molecule has 0 aliphatic rings. The van der Waals surface area contributed by atoms with Gasteiger partial charge in [-0.1, -0.05) is 23.7 Å². The van der Waals surface area contributed by atoms with Gasteiger partial charge in [0.2, 0.25) is 0 Å². The molecule has 2 N–H and O–H groups in total. The van der Waals surface area contributed by atoms with Crippen molar-refractivity contribution in [3.63, 3.8) is 0 Å². The fraction of sp³-hybridized carbons (Fsp3) is 0.333. The summed E-state index contributed by atoms with van der Waals surface area (Å²) < 4.78 is 38.3. The summed E-state index contributed by atoms with van der Waals surface area (Å²) >= 11 is 5.57. The molecule has 0 radical (unpaired) electrons. The van der Waals surface area contributed by atoms with Crippen molar-refractivity contribution in [2.75, 3.05) is 0 Å². The molecule has 0 amide bonds. The lowest BCUT2D eigenvalue weighted by molar-refractivity contribution is -0.138. The largest absolute Gasteiger partial charge is 0.416 e. The zero-order valence-corrected chi connectivity index (χ0v) is 11.1. The summed E-state index contributed by atoms with van der Waals surface area (Å²) in [7, 11) is 0. The average molecular weight is 300 g/mol. The fourth-order valence-corrected chi connectivity index (χ4v) is 1.72. The first-order chi connectivity index (χ1) is 7.86. The van der Waals surface area contributed by atoms with E-state index < -0.39 is 17.8 Å². The Labute approximate surface area is 115 Å². The maximum absolute atomic E-state index is 12.8. The molecule has 1 rings (SSSR count). The van der Waals surface area contributed by atoms with E-state index in [9.17, 15) is 13.2 Å². The van der Waals surface area contributed by atoms with Crippen LogP contribution in [0.15, 0.2) is 30.9 Å². The Kier molecular flexibility index (Phi) is 6.74. The molecular formula is C12H14Cl2F3N. The van der Waals surface area contributed by atoms with Crippen molar-refractivity contribution >= 4 is 24.0 Å². The minimum atomic E-state index is -4.44. The lowest BCUT2D eigenvalue weighted by Crippen LogP contribution is -2.17. The topological polar surface area (TPSA) is 26.0 Å². The highest BCUT2D eigenvalue weighted by Crippen LogP contribution is 2.36. The van der Waals surface area contributed by atoms with E-state index >= 15 is 0 Å². The summed E-state index contributed by atoms with van der Waals surface area (Å²) in [5.74, 6) is 0. The highest BCUT2D eigenvalue weighted by atomic mass is 35.5. The van der Waals surface area contributed by atoms with Gasteiger partial charge in [-0.3, -0.25) is 0 Å². The molecule has 0 fully saturated rings. The van der Waals surface area contributed by atoms with Crippen molar-refractivity contribution in [3.8, 4) is 0 Å². The number of alkyl halides is 3. The summed E-state index contributed by atoms with van der Waals surface area (Å²) in [6.07, 6.45) is -1.82. The van der Waals surface area contributed by atoms with Gasteiger partial charge >= 0.3 is 6.18 Å². The summed E-state index contributed by atoms with van der Waals surface area (Å²) in [6.45, 7) is 3.51. The van der Waals surface area contributed by atoms with Crippen LogP contribution in [0.3, 0.4) is 0 Å². The minimum absolute atomic E-state index is 0. The molecule has 0 heterocycles. The van der Waals surface area contributed by atoms with Crippen LogP contribution in [0.2, 0.25) is 5.02 Å². The predicted molar refractivity (Wildman–Crippen MR) is 70.1 cm³/mol. The van der Waals surface area contributed by atoms with Crippen molar-refractivity contribution in [3.05, 3.63) is 47.0 Å². The van der Waals surface area contributed by atoms with Crippen molar-refractivity contribution < 1.29 is 13.2 Å². The number of halogens is 5. The third-order valence-electron chi connectivity index (χ3n) is 2.40. The van der Waals surface area contributed by atoms with Crippen LogP contribution in [-0.2, 0) is 6.18 Å². The summed E-state index contributed by atoms with van der Waals surface area (Å²) in [5, 5.41) is 0.0528. The highest BCUT2D eigenvalue weighted by molar-refractivity contribution is 6.30. The minimum Gasteiger partial charge on any atom is -0.324 e. The normalized spacial score (nSPS) is 12.7. The smallest absolute Gasteiger partial charge is 0.324 e. The van der Waals surface area contributed by atoms with Crippen LogP contribution in [-0.4, -0.2) is 0 Å².